The van der Waals surface area contributed by atoms with Crippen molar-refractivity contribution in [3.8, 4) is 11.1 Å². The van der Waals surface area contributed by atoms with Crippen LogP contribution in [0, 0.1) is 0 Å². The molecule has 1 N–H and O–H groups in total. The molecule has 1 saturated heterocycles. The van der Waals surface area contributed by atoms with Gasteiger partial charge in [-0.2, -0.15) is 0 Å². The predicted molar refractivity (Wildman–Crippen MR) is 108 cm³/mol. The molecule has 1 fully saturated rings. The van der Waals surface area contributed by atoms with Crippen molar-refractivity contribution in [2.24, 2.45) is 7.05 Å². The molecule has 0 radical (unpaired) electrons. The second-order valence-corrected chi connectivity index (χ2v) is 7.05. The average molecular weight is 376 g/mol. The lowest BCUT2D eigenvalue weighted by molar-refractivity contribution is 0.0946. The van der Waals surface area contributed by atoms with Gasteiger partial charge in [0, 0.05) is 68.8 Å². The van der Waals surface area contributed by atoms with Gasteiger partial charge in [-0.3, -0.25) is 9.78 Å². The predicted octanol–water partition coefficient (Wildman–Crippen LogP) is 2.45. The van der Waals surface area contributed by atoms with E-state index in [1.807, 2.05) is 48.4 Å². The normalized spacial score (nSPS) is 13.7. The summed E-state index contributed by atoms with van der Waals surface area (Å²) in [7, 11) is 1.88. The Balaban J connectivity index is 1.40. The molecule has 28 heavy (non-hydrogen) atoms. The molecular formula is C21H24N6O. The van der Waals surface area contributed by atoms with E-state index in [4.69, 9.17) is 0 Å². The molecule has 0 aliphatic carbocycles. The van der Waals surface area contributed by atoms with Crippen molar-refractivity contribution < 1.29 is 4.79 Å². The summed E-state index contributed by atoms with van der Waals surface area (Å²) in [6.07, 6.45) is 12.3. The molecule has 7 nitrogen and oxygen atoms in total. The van der Waals surface area contributed by atoms with E-state index < -0.39 is 0 Å². The number of carbonyl (C=O) groups is 1. The number of nitrogens with one attached hydrogen (secondary N) is 1. The maximum absolute atomic E-state index is 12.5. The molecule has 0 aromatic carbocycles. The molecule has 1 aliphatic heterocycles. The summed E-state index contributed by atoms with van der Waals surface area (Å²) in [5.74, 6) is 0.698. The second-order valence-electron chi connectivity index (χ2n) is 7.05. The molecule has 0 spiro atoms. The molecule has 0 atom stereocenters. The van der Waals surface area contributed by atoms with Crippen molar-refractivity contribution in [3.63, 3.8) is 0 Å². The van der Waals surface area contributed by atoms with E-state index in [-0.39, 0.29) is 5.91 Å². The monoisotopic (exact) mass is 376 g/mol. The maximum atomic E-state index is 12.5. The molecule has 4 rings (SSSR count). The smallest absolute Gasteiger partial charge is 0.267 e. The number of aromatic nitrogens is 4. The van der Waals surface area contributed by atoms with E-state index in [2.05, 4.69) is 25.2 Å². The molecule has 0 bridgehead atoms. The quantitative estimate of drug-likeness (QED) is 0.715. The number of amides is 1. The summed E-state index contributed by atoms with van der Waals surface area (Å²) in [6, 6.07) is 5.80. The Morgan fingerprint density at radius 1 is 1.11 bits per heavy atom. The minimum absolute atomic E-state index is 0.0857. The van der Waals surface area contributed by atoms with Gasteiger partial charge in [0.2, 0.25) is 5.95 Å². The summed E-state index contributed by atoms with van der Waals surface area (Å²) < 4.78 is 1.84. The van der Waals surface area contributed by atoms with Crippen molar-refractivity contribution in [1.82, 2.24) is 24.8 Å². The van der Waals surface area contributed by atoms with Gasteiger partial charge in [0.15, 0.2) is 0 Å². The highest BCUT2D eigenvalue weighted by Crippen LogP contribution is 2.22. The number of carbonyl (C=O) groups excluding carboxylic acids is 1. The number of anilines is 1. The fourth-order valence-corrected chi connectivity index (χ4v) is 3.46. The number of hydrogen-bond donors (Lipinski definition) is 1. The number of hydrogen-bond acceptors (Lipinski definition) is 5. The van der Waals surface area contributed by atoms with Crippen LogP contribution in [0.3, 0.4) is 0 Å². The molecule has 1 aliphatic rings. The van der Waals surface area contributed by atoms with Gasteiger partial charge in [-0.1, -0.05) is 0 Å². The molecule has 1 amide bonds. The maximum Gasteiger partial charge on any atom is 0.267 e. The molecule has 3 aromatic heterocycles. The Morgan fingerprint density at radius 3 is 2.54 bits per heavy atom. The lowest BCUT2D eigenvalue weighted by Gasteiger charge is -2.14. The zero-order chi connectivity index (χ0) is 19.3. The van der Waals surface area contributed by atoms with Gasteiger partial charge in [-0.15, -0.1) is 0 Å². The van der Waals surface area contributed by atoms with Gasteiger partial charge in [-0.05, 0) is 43.0 Å². The largest absolute Gasteiger partial charge is 0.350 e. The Morgan fingerprint density at radius 2 is 1.82 bits per heavy atom. The van der Waals surface area contributed by atoms with Gasteiger partial charge in [0.05, 0.1) is 0 Å². The first-order chi connectivity index (χ1) is 13.7. The molecule has 0 unspecified atom stereocenters. The number of aryl methyl sites for hydroxylation is 1. The standard InChI is InChI=1S/C21H24N6O/c1-26-15-17(18-13-24-21(25-14-18)27-10-2-3-11-27)12-19(26)20(28)23-9-6-16-4-7-22-8-5-16/h4-5,7-8,12-15H,2-3,6,9-11H2,1H3,(H,23,28). The molecule has 3 aromatic rings. The first kappa shape index (κ1) is 18.2. The Kier molecular flexibility index (Phi) is 5.32. The highest BCUT2D eigenvalue weighted by atomic mass is 16.1. The van der Waals surface area contributed by atoms with E-state index >= 15 is 0 Å². The SMILES string of the molecule is Cn1cc(-c2cnc(N3CCCC3)nc2)cc1C(=O)NCCc1ccncc1. The van der Waals surface area contributed by atoms with Crippen LogP contribution in [0.2, 0.25) is 0 Å². The van der Waals surface area contributed by atoms with E-state index in [1.54, 1.807) is 12.4 Å². The third-order valence-corrected chi connectivity index (χ3v) is 5.05. The van der Waals surface area contributed by atoms with Crippen molar-refractivity contribution in [1.29, 1.82) is 0 Å². The van der Waals surface area contributed by atoms with Crippen LogP contribution in [0.5, 0.6) is 0 Å². The van der Waals surface area contributed by atoms with Crippen LogP contribution in [-0.4, -0.2) is 45.1 Å². The third-order valence-electron chi connectivity index (χ3n) is 5.05. The molecular weight excluding hydrogens is 352 g/mol. The summed E-state index contributed by atoms with van der Waals surface area (Å²) in [4.78, 5) is 27.8. The Hall–Kier alpha value is -3.22. The van der Waals surface area contributed by atoms with Crippen molar-refractivity contribution in [2.75, 3.05) is 24.5 Å². The lowest BCUT2D eigenvalue weighted by Crippen LogP contribution is -2.27. The summed E-state index contributed by atoms with van der Waals surface area (Å²) in [6.45, 7) is 2.62. The lowest BCUT2D eigenvalue weighted by atomic mass is 10.2. The van der Waals surface area contributed by atoms with Crippen LogP contribution in [0.1, 0.15) is 28.9 Å². The van der Waals surface area contributed by atoms with Gasteiger partial charge >= 0.3 is 0 Å². The van der Waals surface area contributed by atoms with Crippen molar-refractivity contribution >= 4 is 11.9 Å². The number of pyridine rings is 1. The van der Waals surface area contributed by atoms with Crippen LogP contribution in [-0.2, 0) is 13.5 Å². The van der Waals surface area contributed by atoms with Gasteiger partial charge in [0.1, 0.15) is 5.69 Å². The molecule has 0 saturated carbocycles. The minimum atomic E-state index is -0.0857. The highest BCUT2D eigenvalue weighted by molar-refractivity contribution is 5.94. The first-order valence-corrected chi connectivity index (χ1v) is 9.61. The van der Waals surface area contributed by atoms with Crippen LogP contribution >= 0.6 is 0 Å². The fourth-order valence-electron chi connectivity index (χ4n) is 3.46. The summed E-state index contributed by atoms with van der Waals surface area (Å²) in [5, 5.41) is 2.98. The first-order valence-electron chi connectivity index (χ1n) is 9.61. The van der Waals surface area contributed by atoms with Crippen LogP contribution in [0.4, 0.5) is 5.95 Å². The molecule has 7 heteroatoms. The van der Waals surface area contributed by atoms with E-state index in [1.165, 1.54) is 12.8 Å². The van der Waals surface area contributed by atoms with Gasteiger partial charge in [0.25, 0.3) is 5.91 Å². The zero-order valence-electron chi connectivity index (χ0n) is 16.0. The number of nitrogens with zero attached hydrogens (tertiary/aromatic N) is 5. The summed E-state index contributed by atoms with van der Waals surface area (Å²) in [5.41, 5.74) is 3.62. The van der Waals surface area contributed by atoms with E-state index in [0.717, 1.165) is 42.1 Å². The van der Waals surface area contributed by atoms with E-state index in [0.29, 0.717) is 12.2 Å². The zero-order valence-corrected chi connectivity index (χ0v) is 16.0. The van der Waals surface area contributed by atoms with Gasteiger partial charge in [-0.25, -0.2) is 9.97 Å². The average Bonchev–Trinajstić information content (AvgIpc) is 3.39. The fraction of sp³-hybridized carbons (Fsp3) is 0.333. The molecule has 144 valence electrons. The van der Waals surface area contributed by atoms with Crippen molar-refractivity contribution in [2.45, 2.75) is 19.3 Å². The van der Waals surface area contributed by atoms with Crippen LogP contribution < -0.4 is 10.2 Å². The second kappa shape index (κ2) is 8.21. The summed E-state index contributed by atoms with van der Waals surface area (Å²) >= 11 is 0. The Bertz CT molecular complexity index is 929. The van der Waals surface area contributed by atoms with Crippen molar-refractivity contribution in [3.05, 3.63) is 60.4 Å². The minimum Gasteiger partial charge on any atom is -0.350 e. The van der Waals surface area contributed by atoms with Gasteiger partial charge < -0.3 is 14.8 Å². The van der Waals surface area contributed by atoms with Crippen LogP contribution in [0.15, 0.2) is 49.2 Å². The Labute approximate surface area is 164 Å². The molecule has 4 heterocycles. The topological polar surface area (TPSA) is 75.9 Å². The number of rotatable bonds is 6. The van der Waals surface area contributed by atoms with Crippen LogP contribution in [0.25, 0.3) is 11.1 Å². The van der Waals surface area contributed by atoms with E-state index in [9.17, 15) is 4.79 Å². The highest BCUT2D eigenvalue weighted by Gasteiger charge is 2.16. The third kappa shape index (κ3) is 4.03.